The van der Waals surface area contributed by atoms with Gasteiger partial charge in [-0.25, -0.2) is 0 Å². The number of piperidine rings is 1. The highest BCUT2D eigenvalue weighted by molar-refractivity contribution is 5.70. The third-order valence-corrected chi connectivity index (χ3v) is 4.48. The fraction of sp³-hybridized carbons (Fsp3) is 0.929. The van der Waals surface area contributed by atoms with Crippen LogP contribution in [-0.4, -0.2) is 59.6 Å². The molecule has 0 aliphatic carbocycles. The average Bonchev–Trinajstić information content (AvgIpc) is 2.84. The molecule has 1 N–H and O–H groups in total. The molecule has 0 aromatic carbocycles. The first-order valence-electron chi connectivity index (χ1n) is 7.36. The molecule has 0 aromatic heterocycles. The standard InChI is InChI=1S/C14H26N2O2/c1-12-11-13(14(17)18)5-10-16(12)9-4-8-15-6-2-3-7-15/h12-13H,2-11H2,1H3,(H,17,18). The van der Waals surface area contributed by atoms with Crippen LogP contribution >= 0.6 is 0 Å². The molecule has 2 atom stereocenters. The Bertz CT molecular complexity index is 277. The highest BCUT2D eigenvalue weighted by Crippen LogP contribution is 2.23. The van der Waals surface area contributed by atoms with E-state index in [1.54, 1.807) is 0 Å². The number of carboxylic acids is 1. The van der Waals surface area contributed by atoms with Crippen molar-refractivity contribution in [2.24, 2.45) is 5.92 Å². The molecule has 0 amide bonds. The van der Waals surface area contributed by atoms with Crippen LogP contribution in [-0.2, 0) is 4.79 Å². The Morgan fingerprint density at radius 2 is 1.94 bits per heavy atom. The summed E-state index contributed by atoms with van der Waals surface area (Å²) in [6.45, 7) is 8.02. The first-order chi connectivity index (χ1) is 8.66. The van der Waals surface area contributed by atoms with E-state index in [-0.39, 0.29) is 5.92 Å². The van der Waals surface area contributed by atoms with Crippen molar-refractivity contribution in [1.29, 1.82) is 0 Å². The first-order valence-corrected chi connectivity index (χ1v) is 7.36. The molecule has 2 rings (SSSR count). The molecule has 2 fully saturated rings. The van der Waals surface area contributed by atoms with Crippen LogP contribution in [0.4, 0.5) is 0 Å². The molecule has 18 heavy (non-hydrogen) atoms. The zero-order chi connectivity index (χ0) is 13.0. The molecule has 0 spiro atoms. The van der Waals surface area contributed by atoms with Gasteiger partial charge in [-0.3, -0.25) is 4.79 Å². The quantitative estimate of drug-likeness (QED) is 0.810. The van der Waals surface area contributed by atoms with E-state index < -0.39 is 5.97 Å². The van der Waals surface area contributed by atoms with Crippen LogP contribution in [0.5, 0.6) is 0 Å². The number of nitrogens with zero attached hydrogens (tertiary/aromatic N) is 2. The summed E-state index contributed by atoms with van der Waals surface area (Å²) in [5.41, 5.74) is 0. The number of rotatable bonds is 5. The van der Waals surface area contributed by atoms with Crippen LogP contribution in [0.25, 0.3) is 0 Å². The molecule has 0 saturated carbocycles. The highest BCUT2D eigenvalue weighted by Gasteiger charge is 2.29. The lowest BCUT2D eigenvalue weighted by Gasteiger charge is -2.36. The number of carboxylic acid groups (broad SMARTS) is 1. The van der Waals surface area contributed by atoms with Gasteiger partial charge in [-0.1, -0.05) is 0 Å². The molecule has 104 valence electrons. The topological polar surface area (TPSA) is 43.8 Å². The number of aliphatic carboxylic acids is 1. The van der Waals surface area contributed by atoms with Gasteiger partial charge in [0.15, 0.2) is 0 Å². The van der Waals surface area contributed by atoms with Crippen molar-refractivity contribution >= 4 is 5.97 Å². The van der Waals surface area contributed by atoms with E-state index in [1.165, 1.54) is 38.9 Å². The zero-order valence-electron chi connectivity index (χ0n) is 11.5. The summed E-state index contributed by atoms with van der Waals surface area (Å²) < 4.78 is 0. The Morgan fingerprint density at radius 1 is 1.22 bits per heavy atom. The summed E-state index contributed by atoms with van der Waals surface area (Å²) in [5.74, 6) is -0.728. The van der Waals surface area contributed by atoms with Gasteiger partial charge < -0.3 is 14.9 Å². The van der Waals surface area contributed by atoms with E-state index in [0.29, 0.717) is 6.04 Å². The maximum Gasteiger partial charge on any atom is 0.306 e. The molecule has 0 radical (unpaired) electrons. The third kappa shape index (κ3) is 3.69. The average molecular weight is 254 g/mol. The summed E-state index contributed by atoms with van der Waals surface area (Å²) >= 11 is 0. The summed E-state index contributed by atoms with van der Waals surface area (Å²) in [7, 11) is 0. The van der Waals surface area contributed by atoms with Crippen molar-refractivity contribution < 1.29 is 9.90 Å². The van der Waals surface area contributed by atoms with Crippen LogP contribution < -0.4 is 0 Å². The Hall–Kier alpha value is -0.610. The predicted octanol–water partition coefficient (Wildman–Crippen LogP) is 1.66. The third-order valence-electron chi connectivity index (χ3n) is 4.48. The molecule has 0 bridgehead atoms. The van der Waals surface area contributed by atoms with Gasteiger partial charge in [0.1, 0.15) is 0 Å². The minimum atomic E-state index is -0.612. The summed E-state index contributed by atoms with van der Waals surface area (Å²) in [4.78, 5) is 16.0. The van der Waals surface area contributed by atoms with Gasteiger partial charge in [0, 0.05) is 6.04 Å². The normalized spacial score (nSPS) is 30.7. The molecule has 2 unspecified atom stereocenters. The molecular formula is C14H26N2O2. The summed E-state index contributed by atoms with van der Waals surface area (Å²) in [6, 6.07) is 0.429. The molecular weight excluding hydrogens is 228 g/mol. The lowest BCUT2D eigenvalue weighted by Crippen LogP contribution is -2.43. The van der Waals surface area contributed by atoms with Crippen LogP contribution in [0.3, 0.4) is 0 Å². The van der Waals surface area contributed by atoms with Gasteiger partial charge in [-0.2, -0.15) is 0 Å². The molecule has 2 saturated heterocycles. The lowest BCUT2D eigenvalue weighted by atomic mass is 9.91. The predicted molar refractivity (Wildman–Crippen MR) is 71.7 cm³/mol. The number of hydrogen-bond donors (Lipinski definition) is 1. The monoisotopic (exact) mass is 254 g/mol. The molecule has 0 aromatic rings. The molecule has 2 heterocycles. The van der Waals surface area contributed by atoms with Crippen molar-refractivity contribution in [2.45, 2.75) is 45.1 Å². The maximum atomic E-state index is 11.0. The summed E-state index contributed by atoms with van der Waals surface area (Å²) in [6.07, 6.45) is 5.59. The Morgan fingerprint density at radius 3 is 2.56 bits per heavy atom. The van der Waals surface area contributed by atoms with E-state index in [4.69, 9.17) is 5.11 Å². The molecule has 2 aliphatic heterocycles. The van der Waals surface area contributed by atoms with E-state index in [1.807, 2.05) is 0 Å². The van der Waals surface area contributed by atoms with E-state index >= 15 is 0 Å². The highest BCUT2D eigenvalue weighted by atomic mass is 16.4. The largest absolute Gasteiger partial charge is 0.481 e. The van der Waals surface area contributed by atoms with Crippen molar-refractivity contribution in [3.63, 3.8) is 0 Å². The van der Waals surface area contributed by atoms with Crippen molar-refractivity contribution in [1.82, 2.24) is 9.80 Å². The maximum absolute atomic E-state index is 11.0. The van der Waals surface area contributed by atoms with Gasteiger partial charge in [0.2, 0.25) is 0 Å². The van der Waals surface area contributed by atoms with Gasteiger partial charge in [-0.05, 0) is 71.8 Å². The van der Waals surface area contributed by atoms with E-state index in [9.17, 15) is 4.79 Å². The van der Waals surface area contributed by atoms with Crippen LogP contribution in [0.15, 0.2) is 0 Å². The smallest absolute Gasteiger partial charge is 0.306 e. The van der Waals surface area contributed by atoms with Crippen molar-refractivity contribution in [3.8, 4) is 0 Å². The molecule has 4 nitrogen and oxygen atoms in total. The first kappa shape index (κ1) is 13.8. The number of carbonyl (C=O) groups is 1. The van der Waals surface area contributed by atoms with Gasteiger partial charge in [-0.15, -0.1) is 0 Å². The lowest BCUT2D eigenvalue weighted by molar-refractivity contribution is -0.144. The zero-order valence-corrected chi connectivity index (χ0v) is 11.5. The second-order valence-corrected chi connectivity index (χ2v) is 5.85. The Labute approximate surface area is 110 Å². The molecule has 4 heteroatoms. The summed E-state index contributed by atoms with van der Waals surface area (Å²) in [5, 5.41) is 9.04. The number of hydrogen-bond acceptors (Lipinski definition) is 3. The fourth-order valence-corrected chi connectivity index (χ4v) is 3.28. The second-order valence-electron chi connectivity index (χ2n) is 5.85. The van der Waals surface area contributed by atoms with Crippen LogP contribution in [0.2, 0.25) is 0 Å². The minimum Gasteiger partial charge on any atom is -0.481 e. The fourth-order valence-electron chi connectivity index (χ4n) is 3.28. The minimum absolute atomic E-state index is 0.116. The van der Waals surface area contributed by atoms with Crippen LogP contribution in [0, 0.1) is 5.92 Å². The van der Waals surface area contributed by atoms with Gasteiger partial charge in [0.05, 0.1) is 5.92 Å². The number of likely N-dealkylation sites (tertiary alicyclic amines) is 2. The Kier molecular flexibility index (Phi) is 5.01. The van der Waals surface area contributed by atoms with Gasteiger partial charge in [0.25, 0.3) is 0 Å². The van der Waals surface area contributed by atoms with Crippen molar-refractivity contribution in [2.75, 3.05) is 32.7 Å². The van der Waals surface area contributed by atoms with Crippen LogP contribution in [0.1, 0.15) is 39.0 Å². The second kappa shape index (κ2) is 6.53. The van der Waals surface area contributed by atoms with E-state index in [0.717, 1.165) is 25.9 Å². The van der Waals surface area contributed by atoms with E-state index in [2.05, 4.69) is 16.7 Å². The SMILES string of the molecule is CC1CC(C(=O)O)CCN1CCCN1CCCC1. The molecule has 2 aliphatic rings. The van der Waals surface area contributed by atoms with Crippen molar-refractivity contribution in [3.05, 3.63) is 0 Å². The van der Waals surface area contributed by atoms with Gasteiger partial charge >= 0.3 is 5.97 Å². The Balaban J connectivity index is 1.65.